The molecular weight excluding hydrogens is 226 g/mol. The van der Waals surface area contributed by atoms with Gasteiger partial charge in [-0.1, -0.05) is 13.8 Å². The van der Waals surface area contributed by atoms with Gasteiger partial charge in [-0.05, 0) is 18.9 Å². The van der Waals surface area contributed by atoms with Crippen molar-refractivity contribution in [1.82, 2.24) is 19.6 Å². The van der Waals surface area contributed by atoms with Crippen LogP contribution in [0.15, 0.2) is 18.5 Å². The fourth-order valence-electron chi connectivity index (χ4n) is 1.92. The molecule has 0 fully saturated rings. The molecule has 0 amide bonds. The molecule has 2 heterocycles. The molecule has 98 valence electrons. The fraction of sp³-hybridized carbons (Fsp3) is 0.538. The SMILES string of the molecule is Cc1nn(CC(C)C)cc1NCc1ccnn1C. The maximum Gasteiger partial charge on any atom is 0.0825 e. The van der Waals surface area contributed by atoms with Crippen LogP contribution in [0.2, 0.25) is 0 Å². The Morgan fingerprint density at radius 1 is 1.39 bits per heavy atom. The van der Waals surface area contributed by atoms with Crippen molar-refractivity contribution in [3.63, 3.8) is 0 Å². The summed E-state index contributed by atoms with van der Waals surface area (Å²) >= 11 is 0. The van der Waals surface area contributed by atoms with E-state index in [1.807, 2.05) is 35.6 Å². The molecule has 2 aromatic rings. The third-order valence-corrected chi connectivity index (χ3v) is 2.88. The number of nitrogens with zero attached hydrogens (tertiary/aromatic N) is 4. The summed E-state index contributed by atoms with van der Waals surface area (Å²) in [6.45, 7) is 8.14. The normalized spacial score (nSPS) is 11.2. The molecule has 0 aliphatic rings. The topological polar surface area (TPSA) is 47.7 Å². The smallest absolute Gasteiger partial charge is 0.0825 e. The van der Waals surface area contributed by atoms with E-state index in [0.29, 0.717) is 5.92 Å². The predicted octanol–water partition coefficient (Wildman–Crippen LogP) is 2.19. The highest BCUT2D eigenvalue weighted by molar-refractivity contribution is 5.45. The molecule has 0 atom stereocenters. The van der Waals surface area contributed by atoms with E-state index in [-0.39, 0.29) is 0 Å². The zero-order chi connectivity index (χ0) is 13.1. The molecule has 0 saturated heterocycles. The van der Waals surface area contributed by atoms with Crippen molar-refractivity contribution in [3.05, 3.63) is 29.8 Å². The number of aryl methyl sites for hydroxylation is 2. The molecule has 1 N–H and O–H groups in total. The zero-order valence-corrected chi connectivity index (χ0v) is 11.5. The number of anilines is 1. The highest BCUT2D eigenvalue weighted by Gasteiger charge is 2.06. The van der Waals surface area contributed by atoms with Crippen molar-refractivity contribution >= 4 is 5.69 Å². The van der Waals surface area contributed by atoms with E-state index in [1.165, 1.54) is 0 Å². The standard InChI is InChI=1S/C13H21N5/c1-10(2)8-18-9-13(11(3)16-18)14-7-12-5-6-15-17(12)4/h5-6,9-10,14H,7-8H2,1-4H3. The van der Waals surface area contributed by atoms with Gasteiger partial charge in [-0.3, -0.25) is 9.36 Å². The van der Waals surface area contributed by atoms with Crippen LogP contribution in [0.4, 0.5) is 5.69 Å². The first-order valence-electron chi connectivity index (χ1n) is 6.31. The monoisotopic (exact) mass is 247 g/mol. The molecule has 5 heteroatoms. The summed E-state index contributed by atoms with van der Waals surface area (Å²) in [5.74, 6) is 0.606. The van der Waals surface area contributed by atoms with E-state index < -0.39 is 0 Å². The number of nitrogens with one attached hydrogen (secondary N) is 1. The van der Waals surface area contributed by atoms with E-state index in [9.17, 15) is 0 Å². The Morgan fingerprint density at radius 2 is 2.17 bits per heavy atom. The van der Waals surface area contributed by atoms with Crippen LogP contribution in [0.5, 0.6) is 0 Å². The quantitative estimate of drug-likeness (QED) is 0.881. The first kappa shape index (κ1) is 12.7. The summed E-state index contributed by atoms with van der Waals surface area (Å²) in [7, 11) is 1.95. The number of hydrogen-bond donors (Lipinski definition) is 1. The Labute approximate surface area is 108 Å². The first-order valence-corrected chi connectivity index (χ1v) is 6.31. The van der Waals surface area contributed by atoms with Crippen molar-refractivity contribution in [1.29, 1.82) is 0 Å². The third-order valence-electron chi connectivity index (χ3n) is 2.88. The second-order valence-electron chi connectivity index (χ2n) is 5.04. The molecule has 2 rings (SSSR count). The zero-order valence-electron chi connectivity index (χ0n) is 11.5. The molecule has 0 unspecified atom stereocenters. The number of aromatic nitrogens is 4. The lowest BCUT2D eigenvalue weighted by Crippen LogP contribution is -2.06. The lowest BCUT2D eigenvalue weighted by atomic mass is 10.2. The summed E-state index contributed by atoms with van der Waals surface area (Å²) in [6, 6.07) is 2.01. The van der Waals surface area contributed by atoms with E-state index in [4.69, 9.17) is 0 Å². The molecule has 0 spiro atoms. The third kappa shape index (κ3) is 2.91. The predicted molar refractivity (Wildman–Crippen MR) is 72.3 cm³/mol. The Morgan fingerprint density at radius 3 is 2.78 bits per heavy atom. The van der Waals surface area contributed by atoms with Gasteiger partial charge in [0.05, 0.1) is 23.6 Å². The Balaban J connectivity index is 2.01. The highest BCUT2D eigenvalue weighted by atomic mass is 15.3. The maximum absolute atomic E-state index is 4.50. The Bertz CT molecular complexity index is 509. The summed E-state index contributed by atoms with van der Waals surface area (Å²) in [5, 5.41) is 12.1. The molecule has 0 aliphatic heterocycles. The Kier molecular flexibility index (Phi) is 3.69. The Hall–Kier alpha value is -1.78. The molecule has 5 nitrogen and oxygen atoms in total. The first-order chi connectivity index (χ1) is 8.56. The van der Waals surface area contributed by atoms with Crippen LogP contribution in [-0.2, 0) is 20.1 Å². The van der Waals surface area contributed by atoms with Crippen LogP contribution in [0.1, 0.15) is 25.2 Å². The van der Waals surface area contributed by atoms with Gasteiger partial charge in [0.2, 0.25) is 0 Å². The maximum atomic E-state index is 4.50. The van der Waals surface area contributed by atoms with Crippen LogP contribution in [0.25, 0.3) is 0 Å². The average Bonchev–Trinajstić information content (AvgIpc) is 2.82. The minimum Gasteiger partial charge on any atom is -0.377 e. The number of hydrogen-bond acceptors (Lipinski definition) is 3. The summed E-state index contributed by atoms with van der Waals surface area (Å²) in [6.07, 6.45) is 3.89. The van der Waals surface area contributed by atoms with Gasteiger partial charge in [0.15, 0.2) is 0 Å². The summed E-state index contributed by atoms with van der Waals surface area (Å²) < 4.78 is 3.88. The second-order valence-corrected chi connectivity index (χ2v) is 5.04. The lowest BCUT2D eigenvalue weighted by Gasteiger charge is -2.05. The van der Waals surface area contributed by atoms with Gasteiger partial charge in [0.1, 0.15) is 0 Å². The van der Waals surface area contributed by atoms with Gasteiger partial charge in [-0.2, -0.15) is 10.2 Å². The molecule has 0 bridgehead atoms. The molecule has 0 aromatic carbocycles. The van der Waals surface area contributed by atoms with Crippen LogP contribution in [0.3, 0.4) is 0 Å². The molecule has 0 saturated carbocycles. The van der Waals surface area contributed by atoms with Gasteiger partial charge in [0, 0.05) is 26.0 Å². The number of rotatable bonds is 5. The van der Waals surface area contributed by atoms with Crippen molar-refractivity contribution < 1.29 is 0 Å². The lowest BCUT2D eigenvalue weighted by molar-refractivity contribution is 0.481. The summed E-state index contributed by atoms with van der Waals surface area (Å²) in [5.41, 5.74) is 3.29. The minimum absolute atomic E-state index is 0.606. The fourth-order valence-corrected chi connectivity index (χ4v) is 1.92. The largest absolute Gasteiger partial charge is 0.377 e. The van der Waals surface area contributed by atoms with Crippen molar-refractivity contribution in [2.45, 2.75) is 33.9 Å². The molecular formula is C13H21N5. The van der Waals surface area contributed by atoms with Gasteiger partial charge in [0.25, 0.3) is 0 Å². The van der Waals surface area contributed by atoms with E-state index in [2.05, 4.69) is 35.6 Å². The molecule has 2 aromatic heterocycles. The van der Waals surface area contributed by atoms with Crippen molar-refractivity contribution in [2.75, 3.05) is 5.32 Å². The van der Waals surface area contributed by atoms with Crippen LogP contribution < -0.4 is 5.32 Å². The molecule has 18 heavy (non-hydrogen) atoms. The second kappa shape index (κ2) is 5.25. The molecule has 0 aliphatic carbocycles. The van der Waals surface area contributed by atoms with Gasteiger partial charge in [-0.15, -0.1) is 0 Å². The van der Waals surface area contributed by atoms with Gasteiger partial charge >= 0.3 is 0 Å². The minimum atomic E-state index is 0.606. The van der Waals surface area contributed by atoms with E-state index in [0.717, 1.165) is 30.2 Å². The average molecular weight is 247 g/mol. The molecule has 0 radical (unpaired) electrons. The van der Waals surface area contributed by atoms with Crippen molar-refractivity contribution in [3.8, 4) is 0 Å². The van der Waals surface area contributed by atoms with Gasteiger partial charge < -0.3 is 5.32 Å². The van der Waals surface area contributed by atoms with E-state index in [1.54, 1.807) is 0 Å². The van der Waals surface area contributed by atoms with Crippen LogP contribution >= 0.6 is 0 Å². The van der Waals surface area contributed by atoms with Crippen molar-refractivity contribution in [2.24, 2.45) is 13.0 Å². The highest BCUT2D eigenvalue weighted by Crippen LogP contribution is 2.14. The summed E-state index contributed by atoms with van der Waals surface area (Å²) in [4.78, 5) is 0. The van der Waals surface area contributed by atoms with Crippen LogP contribution in [0, 0.1) is 12.8 Å². The van der Waals surface area contributed by atoms with E-state index >= 15 is 0 Å². The van der Waals surface area contributed by atoms with Crippen LogP contribution in [-0.4, -0.2) is 19.6 Å². The van der Waals surface area contributed by atoms with Gasteiger partial charge in [-0.25, -0.2) is 0 Å².